The topological polar surface area (TPSA) is 79.4 Å². The molecule has 7 heteroatoms. The van der Waals surface area contributed by atoms with Crippen molar-refractivity contribution < 1.29 is 13.2 Å². The summed E-state index contributed by atoms with van der Waals surface area (Å²) in [7, 11) is -3.34. The van der Waals surface area contributed by atoms with Gasteiger partial charge in [-0.2, -0.15) is 4.31 Å². The molecule has 1 fully saturated rings. The Morgan fingerprint density at radius 1 is 1.53 bits per heavy atom. The molecule has 2 rings (SSSR count). The summed E-state index contributed by atoms with van der Waals surface area (Å²) in [5.41, 5.74) is 1.43. The third-order valence-electron chi connectivity index (χ3n) is 3.10. The van der Waals surface area contributed by atoms with E-state index in [4.69, 9.17) is 0 Å². The molecular formula is C12H17N3O3S. The van der Waals surface area contributed by atoms with Crippen LogP contribution in [0.4, 0.5) is 5.69 Å². The largest absolute Gasteiger partial charge is 0.325 e. The second-order valence-electron chi connectivity index (χ2n) is 4.71. The lowest BCUT2D eigenvalue weighted by Crippen LogP contribution is -2.42. The van der Waals surface area contributed by atoms with Gasteiger partial charge in [-0.25, -0.2) is 8.42 Å². The van der Waals surface area contributed by atoms with Crippen LogP contribution in [-0.4, -0.2) is 42.5 Å². The van der Waals surface area contributed by atoms with Crippen LogP contribution in [0.15, 0.2) is 18.3 Å². The van der Waals surface area contributed by atoms with Gasteiger partial charge in [-0.1, -0.05) is 0 Å². The highest BCUT2D eigenvalue weighted by Gasteiger charge is 2.36. The van der Waals surface area contributed by atoms with E-state index in [1.807, 2.05) is 6.92 Å². The van der Waals surface area contributed by atoms with Crippen molar-refractivity contribution in [2.75, 3.05) is 18.1 Å². The van der Waals surface area contributed by atoms with E-state index in [0.29, 0.717) is 25.1 Å². The minimum Gasteiger partial charge on any atom is -0.325 e. The number of rotatable bonds is 3. The number of hydrogen-bond donors (Lipinski definition) is 1. The van der Waals surface area contributed by atoms with E-state index in [-0.39, 0.29) is 5.91 Å². The van der Waals surface area contributed by atoms with E-state index in [9.17, 15) is 13.2 Å². The molecule has 1 unspecified atom stereocenters. The quantitative estimate of drug-likeness (QED) is 0.888. The molecule has 1 aliphatic rings. The average molecular weight is 283 g/mol. The Hall–Kier alpha value is -1.47. The number of carbonyl (C=O) groups excluding carboxylic acids is 1. The lowest BCUT2D eigenvalue weighted by Gasteiger charge is -2.21. The Balaban J connectivity index is 2.12. The Bertz CT molecular complexity index is 586. The van der Waals surface area contributed by atoms with Crippen LogP contribution in [-0.2, 0) is 14.8 Å². The van der Waals surface area contributed by atoms with Gasteiger partial charge in [-0.15, -0.1) is 0 Å². The van der Waals surface area contributed by atoms with Crippen molar-refractivity contribution in [1.29, 1.82) is 0 Å². The number of hydrogen-bond acceptors (Lipinski definition) is 4. The summed E-state index contributed by atoms with van der Waals surface area (Å²) in [6, 6.07) is 2.82. The zero-order valence-electron chi connectivity index (χ0n) is 11.0. The summed E-state index contributed by atoms with van der Waals surface area (Å²) in [6.07, 6.45) is 4.01. The third-order valence-corrected chi connectivity index (χ3v) is 4.39. The van der Waals surface area contributed by atoms with Crippen LogP contribution in [0, 0.1) is 6.92 Å². The SMILES string of the molecule is Cc1cc(NC(=O)C2CCCN2S(C)(=O)=O)ccn1. The molecule has 0 saturated carbocycles. The van der Waals surface area contributed by atoms with Gasteiger partial charge in [0.2, 0.25) is 15.9 Å². The van der Waals surface area contributed by atoms with Crippen molar-refractivity contribution in [2.45, 2.75) is 25.8 Å². The molecule has 1 aromatic heterocycles. The lowest BCUT2D eigenvalue weighted by atomic mass is 10.2. The molecule has 0 radical (unpaired) electrons. The van der Waals surface area contributed by atoms with E-state index in [2.05, 4.69) is 10.3 Å². The van der Waals surface area contributed by atoms with Crippen molar-refractivity contribution in [2.24, 2.45) is 0 Å². The van der Waals surface area contributed by atoms with E-state index < -0.39 is 16.1 Å². The van der Waals surface area contributed by atoms with Crippen LogP contribution >= 0.6 is 0 Å². The molecule has 19 heavy (non-hydrogen) atoms. The highest BCUT2D eigenvalue weighted by atomic mass is 32.2. The lowest BCUT2D eigenvalue weighted by molar-refractivity contribution is -0.119. The zero-order valence-corrected chi connectivity index (χ0v) is 11.8. The van der Waals surface area contributed by atoms with Gasteiger partial charge < -0.3 is 5.32 Å². The Kier molecular flexibility index (Phi) is 3.86. The zero-order chi connectivity index (χ0) is 14.0. The van der Waals surface area contributed by atoms with E-state index in [0.717, 1.165) is 11.9 Å². The Morgan fingerprint density at radius 2 is 2.26 bits per heavy atom. The Labute approximate surface area is 112 Å². The second kappa shape index (κ2) is 5.26. The smallest absolute Gasteiger partial charge is 0.242 e. The van der Waals surface area contributed by atoms with Crippen LogP contribution < -0.4 is 5.32 Å². The standard InChI is InChI=1S/C12H17N3O3S/c1-9-8-10(5-6-13-9)14-12(16)11-4-3-7-15(11)19(2,17)18/h5-6,8,11H,3-4,7H2,1-2H3,(H,13,14,16). The number of aromatic nitrogens is 1. The Morgan fingerprint density at radius 3 is 2.89 bits per heavy atom. The molecule has 6 nitrogen and oxygen atoms in total. The van der Waals surface area contributed by atoms with Crippen LogP contribution in [0.3, 0.4) is 0 Å². The normalized spacial score (nSPS) is 20.4. The molecule has 0 spiro atoms. The summed E-state index contributed by atoms with van der Waals surface area (Å²) in [5, 5.41) is 2.74. The highest BCUT2D eigenvalue weighted by molar-refractivity contribution is 7.88. The van der Waals surface area contributed by atoms with Gasteiger partial charge in [0.1, 0.15) is 6.04 Å². The van der Waals surface area contributed by atoms with Gasteiger partial charge in [-0.05, 0) is 31.9 Å². The van der Waals surface area contributed by atoms with Gasteiger partial charge in [-0.3, -0.25) is 9.78 Å². The molecule has 1 atom stereocenters. The van der Waals surface area contributed by atoms with Gasteiger partial charge in [0, 0.05) is 24.1 Å². The molecule has 104 valence electrons. The van der Waals surface area contributed by atoms with Crippen molar-refractivity contribution in [3.8, 4) is 0 Å². The van der Waals surface area contributed by atoms with Crippen LogP contribution in [0.2, 0.25) is 0 Å². The van der Waals surface area contributed by atoms with Crippen LogP contribution in [0.1, 0.15) is 18.5 Å². The number of nitrogens with zero attached hydrogens (tertiary/aromatic N) is 2. The average Bonchev–Trinajstić information content (AvgIpc) is 2.77. The minimum atomic E-state index is -3.34. The number of amides is 1. The molecule has 1 N–H and O–H groups in total. The van der Waals surface area contributed by atoms with Gasteiger partial charge in [0.25, 0.3) is 0 Å². The predicted octanol–water partition coefficient (Wildman–Crippen LogP) is 0.753. The van der Waals surface area contributed by atoms with Crippen molar-refractivity contribution >= 4 is 21.6 Å². The van der Waals surface area contributed by atoms with Crippen molar-refractivity contribution in [3.63, 3.8) is 0 Å². The van der Waals surface area contributed by atoms with E-state index >= 15 is 0 Å². The van der Waals surface area contributed by atoms with E-state index in [1.165, 1.54) is 4.31 Å². The molecule has 0 bridgehead atoms. The first-order valence-electron chi connectivity index (χ1n) is 6.08. The minimum absolute atomic E-state index is 0.284. The molecule has 0 aliphatic carbocycles. The van der Waals surface area contributed by atoms with Gasteiger partial charge in [0.05, 0.1) is 6.26 Å². The summed E-state index contributed by atoms with van der Waals surface area (Å²) < 4.78 is 24.4. The third kappa shape index (κ3) is 3.30. The fraction of sp³-hybridized carbons (Fsp3) is 0.500. The summed E-state index contributed by atoms with van der Waals surface area (Å²) in [4.78, 5) is 16.2. The van der Waals surface area contributed by atoms with E-state index in [1.54, 1.807) is 18.3 Å². The number of anilines is 1. The summed E-state index contributed by atoms with van der Waals surface area (Å²) >= 11 is 0. The monoisotopic (exact) mass is 283 g/mol. The molecule has 1 amide bonds. The van der Waals surface area contributed by atoms with Gasteiger partial charge >= 0.3 is 0 Å². The van der Waals surface area contributed by atoms with Crippen LogP contribution in [0.25, 0.3) is 0 Å². The van der Waals surface area contributed by atoms with Crippen LogP contribution in [0.5, 0.6) is 0 Å². The first-order valence-corrected chi connectivity index (χ1v) is 7.93. The van der Waals surface area contributed by atoms with Crippen molar-refractivity contribution in [1.82, 2.24) is 9.29 Å². The molecule has 1 aliphatic heterocycles. The second-order valence-corrected chi connectivity index (χ2v) is 6.64. The first-order chi connectivity index (χ1) is 8.88. The molecule has 1 aromatic rings. The molecule has 1 saturated heterocycles. The number of carbonyl (C=O) groups is 1. The maximum Gasteiger partial charge on any atom is 0.242 e. The molecule has 0 aromatic carbocycles. The fourth-order valence-electron chi connectivity index (χ4n) is 2.25. The summed E-state index contributed by atoms with van der Waals surface area (Å²) in [6.45, 7) is 2.24. The maximum absolute atomic E-state index is 12.1. The first kappa shape index (κ1) is 14.0. The van der Waals surface area contributed by atoms with Gasteiger partial charge in [0.15, 0.2) is 0 Å². The summed E-state index contributed by atoms with van der Waals surface area (Å²) in [5.74, 6) is -0.284. The number of sulfonamides is 1. The highest BCUT2D eigenvalue weighted by Crippen LogP contribution is 2.21. The fourth-order valence-corrected chi connectivity index (χ4v) is 3.37. The number of pyridine rings is 1. The number of nitrogens with one attached hydrogen (secondary N) is 1. The predicted molar refractivity (Wildman–Crippen MR) is 72.2 cm³/mol. The maximum atomic E-state index is 12.1. The number of aryl methyl sites for hydroxylation is 1. The van der Waals surface area contributed by atoms with Crippen molar-refractivity contribution in [3.05, 3.63) is 24.0 Å². The molecular weight excluding hydrogens is 266 g/mol. The molecule has 2 heterocycles.